The molecule has 0 aliphatic carbocycles. The first-order valence-corrected chi connectivity index (χ1v) is 6.50. The summed E-state index contributed by atoms with van der Waals surface area (Å²) < 4.78 is 0. The Balaban J connectivity index is 3.31. The molecular weight excluding hydrogens is 196 g/mol. The average molecular weight is 220 g/mol. The van der Waals surface area contributed by atoms with E-state index in [0.717, 1.165) is 25.7 Å². The molecule has 1 heteroatoms. The molecule has 0 aliphatic rings. The zero-order chi connectivity index (χ0) is 12.1. The molecule has 0 amide bonds. The van der Waals surface area contributed by atoms with Gasteiger partial charge in [0.2, 0.25) is 0 Å². The van der Waals surface area contributed by atoms with Gasteiger partial charge in [0.15, 0.2) is 0 Å². The Labute approximate surface area is 99.5 Å². The maximum atomic E-state index is 10.1. The van der Waals surface area contributed by atoms with E-state index in [0.29, 0.717) is 0 Å². The van der Waals surface area contributed by atoms with Gasteiger partial charge in [-0.05, 0) is 47.9 Å². The number of benzene rings is 1. The van der Waals surface area contributed by atoms with E-state index < -0.39 is 0 Å². The fourth-order valence-electron chi connectivity index (χ4n) is 2.27. The summed E-state index contributed by atoms with van der Waals surface area (Å²) in [5, 5.41) is 10.1. The monoisotopic (exact) mass is 220 g/mol. The highest BCUT2D eigenvalue weighted by atomic mass is 16.3. The van der Waals surface area contributed by atoms with Crippen LogP contribution in [-0.4, -0.2) is 5.11 Å². The molecule has 0 saturated heterocycles. The number of aryl methyl sites for hydroxylation is 3. The predicted octanol–water partition coefficient (Wildman–Crippen LogP) is 3.82. The lowest BCUT2D eigenvalue weighted by Gasteiger charge is -2.19. The molecule has 1 nitrogen and oxygen atoms in total. The summed E-state index contributed by atoms with van der Waals surface area (Å²) in [4.78, 5) is 0. The second-order valence-corrected chi connectivity index (χ2v) is 4.31. The maximum absolute atomic E-state index is 10.1. The zero-order valence-electron chi connectivity index (χ0n) is 11.0. The van der Waals surface area contributed by atoms with Gasteiger partial charge >= 0.3 is 0 Å². The van der Waals surface area contributed by atoms with Crippen LogP contribution in [0.3, 0.4) is 0 Å². The fourth-order valence-corrected chi connectivity index (χ4v) is 2.27. The molecule has 1 aromatic carbocycles. The van der Waals surface area contributed by atoms with Gasteiger partial charge in [0.1, 0.15) is 0 Å². The van der Waals surface area contributed by atoms with Crippen LogP contribution < -0.4 is 0 Å². The Kier molecular flexibility index (Phi) is 5.01. The van der Waals surface area contributed by atoms with Crippen molar-refractivity contribution in [2.24, 2.45) is 0 Å². The van der Waals surface area contributed by atoms with E-state index in [2.05, 4.69) is 32.9 Å². The average Bonchev–Trinajstić information content (AvgIpc) is 2.35. The second-order valence-electron chi connectivity index (χ2n) is 4.31. The number of rotatable bonds is 5. The van der Waals surface area contributed by atoms with E-state index in [1.54, 1.807) is 0 Å². The smallest absolute Gasteiger partial charge is 0.0792 e. The minimum atomic E-state index is -0.296. The third-order valence-corrected chi connectivity index (χ3v) is 3.30. The molecule has 0 aliphatic heterocycles. The Morgan fingerprint density at radius 1 is 0.938 bits per heavy atom. The number of aliphatic hydroxyl groups is 1. The molecule has 0 heterocycles. The molecular formula is C15H24O. The Morgan fingerprint density at radius 2 is 1.44 bits per heavy atom. The molecule has 0 aromatic heterocycles. The van der Waals surface area contributed by atoms with Crippen molar-refractivity contribution in [3.05, 3.63) is 34.4 Å². The maximum Gasteiger partial charge on any atom is 0.0792 e. The molecule has 1 N–H and O–H groups in total. The van der Waals surface area contributed by atoms with Gasteiger partial charge < -0.3 is 5.11 Å². The lowest BCUT2D eigenvalue weighted by molar-refractivity contribution is 0.171. The molecule has 0 bridgehead atoms. The molecule has 0 saturated carbocycles. The van der Waals surface area contributed by atoms with Gasteiger partial charge in [-0.3, -0.25) is 0 Å². The van der Waals surface area contributed by atoms with E-state index in [-0.39, 0.29) is 6.10 Å². The van der Waals surface area contributed by atoms with Gasteiger partial charge in [-0.25, -0.2) is 0 Å². The van der Waals surface area contributed by atoms with Crippen molar-refractivity contribution >= 4 is 0 Å². The minimum Gasteiger partial charge on any atom is -0.388 e. The minimum absolute atomic E-state index is 0.296. The molecule has 16 heavy (non-hydrogen) atoms. The van der Waals surface area contributed by atoms with Crippen molar-refractivity contribution in [3.8, 4) is 0 Å². The standard InChI is InChI=1S/C15H24O/c1-5-11-9-12(6-2)15(14(16)8-4)13(7-3)10-11/h9-10,14,16H,5-8H2,1-4H3/t14-/m1/s1. The molecule has 0 spiro atoms. The third kappa shape index (κ3) is 2.65. The van der Waals surface area contributed by atoms with Crippen LogP contribution in [0.25, 0.3) is 0 Å². The van der Waals surface area contributed by atoms with Crippen LogP contribution in [0.2, 0.25) is 0 Å². The largest absolute Gasteiger partial charge is 0.388 e. The molecule has 0 unspecified atom stereocenters. The van der Waals surface area contributed by atoms with Gasteiger partial charge in [0, 0.05) is 0 Å². The highest BCUT2D eigenvalue weighted by Gasteiger charge is 2.14. The number of hydrogen-bond donors (Lipinski definition) is 1. The van der Waals surface area contributed by atoms with Crippen molar-refractivity contribution < 1.29 is 5.11 Å². The molecule has 90 valence electrons. The van der Waals surface area contributed by atoms with E-state index in [9.17, 15) is 5.11 Å². The molecule has 1 rings (SSSR count). The van der Waals surface area contributed by atoms with Crippen molar-refractivity contribution in [2.75, 3.05) is 0 Å². The Bertz CT molecular complexity index is 316. The van der Waals surface area contributed by atoms with Gasteiger partial charge in [-0.15, -0.1) is 0 Å². The van der Waals surface area contributed by atoms with Gasteiger partial charge in [0.25, 0.3) is 0 Å². The molecule has 0 radical (unpaired) electrons. The summed E-state index contributed by atoms with van der Waals surface area (Å²) in [7, 11) is 0. The molecule has 1 aromatic rings. The Hall–Kier alpha value is -0.820. The quantitative estimate of drug-likeness (QED) is 0.800. The second kappa shape index (κ2) is 6.05. The number of aliphatic hydroxyl groups excluding tert-OH is 1. The van der Waals surface area contributed by atoms with Gasteiger partial charge in [0.05, 0.1) is 6.10 Å². The fraction of sp³-hybridized carbons (Fsp3) is 0.600. The summed E-state index contributed by atoms with van der Waals surface area (Å²) in [6.07, 6.45) is 3.59. The molecule has 0 fully saturated rings. The van der Waals surface area contributed by atoms with E-state index in [1.807, 2.05) is 6.92 Å². The van der Waals surface area contributed by atoms with Crippen LogP contribution in [0.4, 0.5) is 0 Å². The topological polar surface area (TPSA) is 20.2 Å². The summed E-state index contributed by atoms with van der Waals surface area (Å²) >= 11 is 0. The highest BCUT2D eigenvalue weighted by molar-refractivity contribution is 5.41. The lowest BCUT2D eigenvalue weighted by atomic mass is 9.89. The van der Waals surface area contributed by atoms with Gasteiger partial charge in [-0.2, -0.15) is 0 Å². The van der Waals surface area contributed by atoms with Crippen LogP contribution >= 0.6 is 0 Å². The lowest BCUT2D eigenvalue weighted by Crippen LogP contribution is -2.06. The van der Waals surface area contributed by atoms with Crippen molar-refractivity contribution in [3.63, 3.8) is 0 Å². The van der Waals surface area contributed by atoms with E-state index in [1.165, 1.54) is 22.3 Å². The van der Waals surface area contributed by atoms with Crippen LogP contribution in [0.5, 0.6) is 0 Å². The van der Waals surface area contributed by atoms with E-state index >= 15 is 0 Å². The molecule has 1 atom stereocenters. The van der Waals surface area contributed by atoms with E-state index in [4.69, 9.17) is 0 Å². The zero-order valence-corrected chi connectivity index (χ0v) is 11.0. The van der Waals surface area contributed by atoms with Crippen LogP contribution in [-0.2, 0) is 19.3 Å². The SMILES string of the molecule is CCc1cc(CC)c([C@H](O)CC)c(CC)c1. The summed E-state index contributed by atoms with van der Waals surface area (Å²) in [6, 6.07) is 4.51. The van der Waals surface area contributed by atoms with Crippen LogP contribution in [0, 0.1) is 0 Å². The van der Waals surface area contributed by atoms with Gasteiger partial charge in [-0.1, -0.05) is 39.8 Å². The highest BCUT2D eigenvalue weighted by Crippen LogP contribution is 2.27. The van der Waals surface area contributed by atoms with Crippen LogP contribution in [0.15, 0.2) is 12.1 Å². The summed E-state index contributed by atoms with van der Waals surface area (Å²) in [5.41, 5.74) is 5.22. The van der Waals surface area contributed by atoms with Crippen LogP contribution in [0.1, 0.15) is 62.5 Å². The Morgan fingerprint density at radius 3 is 1.75 bits per heavy atom. The van der Waals surface area contributed by atoms with Crippen molar-refractivity contribution in [1.29, 1.82) is 0 Å². The summed E-state index contributed by atoms with van der Waals surface area (Å²) in [6.45, 7) is 8.56. The first-order chi connectivity index (χ1) is 7.67. The van der Waals surface area contributed by atoms with Crippen molar-refractivity contribution in [2.45, 2.75) is 59.5 Å². The summed E-state index contributed by atoms with van der Waals surface area (Å²) in [5.74, 6) is 0. The van der Waals surface area contributed by atoms with Crippen molar-refractivity contribution in [1.82, 2.24) is 0 Å². The first kappa shape index (κ1) is 13.2. The number of hydrogen-bond acceptors (Lipinski definition) is 1. The normalized spacial score (nSPS) is 12.8. The first-order valence-electron chi connectivity index (χ1n) is 6.50. The predicted molar refractivity (Wildman–Crippen MR) is 69.8 cm³/mol. The third-order valence-electron chi connectivity index (χ3n) is 3.30.